The normalized spacial score (nSPS) is 15.7. The molecule has 22 heteroatoms. The van der Waals surface area contributed by atoms with Crippen LogP contribution in [0.1, 0.15) is 56.0 Å². The Hall–Kier alpha value is -1.82. The van der Waals surface area contributed by atoms with Crippen LogP contribution in [0.25, 0.3) is 11.5 Å². The fourth-order valence-corrected chi connectivity index (χ4v) is 8.70. The SMILES string of the molecule is C.O=C1/C(=C2\Nc3ccc(Br)c(Cl)c3C2=O)Cc2ccc(Br)c(Cl)c21.O=P([O-])([O-])OC1=CCc2ccc(Br)c(Cl)c21.O=P([O-])([O-])[O-].OC1=CCc2ccc(Br)c(Cl)c21. The number of rotatable bonds is 2. The number of phosphoric acid groups is 2. The number of hydrogen-bond acceptors (Lipinski definition) is 12. The summed E-state index contributed by atoms with van der Waals surface area (Å²) in [5.41, 5.74) is 6.08. The molecule has 4 aliphatic rings. The van der Waals surface area contributed by atoms with Gasteiger partial charge in [0.05, 0.1) is 37.0 Å². The molecule has 0 unspecified atom stereocenters. The van der Waals surface area contributed by atoms with Crippen LogP contribution in [-0.4, -0.2) is 16.7 Å². The van der Waals surface area contributed by atoms with E-state index in [2.05, 4.69) is 73.6 Å². The number of nitrogens with one attached hydrogen (secondary N) is 1. The number of Topliss-reactive ketones (excluding diaryl/α,β-unsaturated/α-hetero) is 2. The summed E-state index contributed by atoms with van der Waals surface area (Å²) >= 11 is 37.6. The molecule has 1 heterocycles. The van der Waals surface area contributed by atoms with Gasteiger partial charge < -0.3 is 48.5 Å². The van der Waals surface area contributed by atoms with Crippen LogP contribution in [0.5, 0.6) is 0 Å². The van der Waals surface area contributed by atoms with Crippen molar-refractivity contribution in [3.8, 4) is 0 Å². The first-order valence-electron chi connectivity index (χ1n) is 15.5. The smallest absolute Gasteiger partial charge is 0.213 e. The lowest BCUT2D eigenvalue weighted by Gasteiger charge is -2.36. The zero-order chi connectivity index (χ0) is 42.3. The molecule has 0 saturated heterocycles. The van der Waals surface area contributed by atoms with Crippen molar-refractivity contribution in [2.75, 3.05) is 5.32 Å². The first-order valence-corrected chi connectivity index (χ1v) is 23.1. The molecule has 12 nitrogen and oxygen atoms in total. The number of anilines is 1. The Bertz CT molecular complexity index is 2490. The summed E-state index contributed by atoms with van der Waals surface area (Å²) < 4.78 is 26.2. The topological polar surface area (TPSA) is 225 Å². The molecule has 0 aromatic heterocycles. The molecule has 4 aromatic carbocycles. The highest BCUT2D eigenvalue weighted by atomic mass is 79.9. The largest absolute Gasteiger partial charge is 0.822 e. The highest BCUT2D eigenvalue weighted by Crippen LogP contribution is 2.45. The van der Waals surface area contributed by atoms with E-state index in [1.807, 2.05) is 18.2 Å². The third-order valence-corrected chi connectivity index (χ3v) is 13.8. The van der Waals surface area contributed by atoms with Gasteiger partial charge in [-0.05, 0) is 136 Å². The van der Waals surface area contributed by atoms with Gasteiger partial charge in [0.25, 0.3) is 0 Å². The molecule has 308 valence electrons. The summed E-state index contributed by atoms with van der Waals surface area (Å²) in [5, 5.41) is 14.1. The Kier molecular flexibility index (Phi) is 16.4. The van der Waals surface area contributed by atoms with Crippen molar-refractivity contribution >= 4 is 155 Å². The zero-order valence-electron chi connectivity index (χ0n) is 27.8. The average molecular weight is 1170 g/mol. The fraction of sp³-hybridized carbons (Fsp3) is 0.111. The molecule has 0 bridgehead atoms. The van der Waals surface area contributed by atoms with Gasteiger partial charge in [-0.1, -0.05) is 72.0 Å². The van der Waals surface area contributed by atoms with Crippen LogP contribution in [0.2, 0.25) is 20.1 Å². The van der Waals surface area contributed by atoms with Crippen molar-refractivity contribution in [1.29, 1.82) is 0 Å². The molecule has 0 fully saturated rings. The Balaban J connectivity index is 0.000000190. The molecule has 0 spiro atoms. The molecular formula is C36H22Br4Cl4NO11P2-5. The van der Waals surface area contributed by atoms with Gasteiger partial charge >= 0.3 is 0 Å². The van der Waals surface area contributed by atoms with E-state index in [-0.39, 0.29) is 36.2 Å². The van der Waals surface area contributed by atoms with Gasteiger partial charge in [0.1, 0.15) is 19.3 Å². The molecule has 4 aromatic rings. The van der Waals surface area contributed by atoms with Crippen molar-refractivity contribution in [3.05, 3.63) is 149 Å². The minimum atomic E-state index is -5.39. The Morgan fingerprint density at radius 2 is 1.05 bits per heavy atom. The molecule has 0 radical (unpaired) electrons. The van der Waals surface area contributed by atoms with Crippen molar-refractivity contribution in [3.63, 3.8) is 0 Å². The van der Waals surface area contributed by atoms with Crippen molar-refractivity contribution in [2.45, 2.75) is 26.7 Å². The van der Waals surface area contributed by atoms with Gasteiger partial charge in [-0.3, -0.25) is 9.59 Å². The number of ketones is 2. The van der Waals surface area contributed by atoms with Crippen LogP contribution in [0.4, 0.5) is 5.69 Å². The number of phosphoric ester groups is 1. The average Bonchev–Trinajstić information content (AvgIpc) is 3.87. The minimum absolute atomic E-state index is 0. The Morgan fingerprint density at radius 1 is 0.621 bits per heavy atom. The number of carbonyl (C=O) groups is 2. The number of benzene rings is 4. The van der Waals surface area contributed by atoms with Gasteiger partial charge in [-0.2, -0.15) is 7.82 Å². The summed E-state index contributed by atoms with van der Waals surface area (Å²) in [6, 6.07) is 14.6. The van der Waals surface area contributed by atoms with Crippen molar-refractivity contribution < 1.29 is 52.8 Å². The van der Waals surface area contributed by atoms with Gasteiger partial charge in [-0.25, -0.2) is 0 Å². The van der Waals surface area contributed by atoms with E-state index in [4.69, 9.17) is 65.6 Å². The van der Waals surface area contributed by atoms with E-state index >= 15 is 0 Å². The second-order valence-electron chi connectivity index (χ2n) is 11.8. The van der Waals surface area contributed by atoms with Gasteiger partial charge in [-0.15, -0.1) is 0 Å². The summed E-state index contributed by atoms with van der Waals surface area (Å²) in [7, 11) is -10.4. The monoisotopic (exact) mass is 1160 g/mol. The Morgan fingerprint density at radius 3 is 1.59 bits per heavy atom. The van der Waals surface area contributed by atoms with E-state index in [1.54, 1.807) is 36.4 Å². The standard InChI is InChI=1S/C17H7Br2Cl2NO2.C9H7BrClO4P.C9H6BrClO.CH4.H3O4P/c18-8-2-1-6-5-7(16(23)11(6)13(8)20)15-17(24)12-10(22-15)4-3-9(19)14(12)21;10-6-3-1-5-2-4-7(8(5)9(6)11)15-16(12,13)14;10-6-3-1-5-2-4-7(12)8(5)9(6)11;;1-5(2,3)4/h1-4,22H,5H2;1,3-4H,2H2,(H2,12,13,14);1,3-4,12H,2H2;1H4;(H3,1,2,3,4)/p-5/b15-7-;;;;. The van der Waals surface area contributed by atoms with Crippen molar-refractivity contribution in [1.82, 2.24) is 0 Å². The maximum absolute atomic E-state index is 12.8. The minimum Gasteiger partial charge on any atom is -0.822 e. The maximum atomic E-state index is 12.8. The highest BCUT2D eigenvalue weighted by Gasteiger charge is 2.37. The lowest BCUT2D eigenvalue weighted by atomic mass is 10.0. The third-order valence-electron chi connectivity index (χ3n) is 8.26. The van der Waals surface area contributed by atoms with Crippen LogP contribution >= 0.6 is 126 Å². The number of hydrogen-bond donors (Lipinski definition) is 2. The van der Waals surface area contributed by atoms with E-state index in [9.17, 15) is 29.0 Å². The summed E-state index contributed by atoms with van der Waals surface area (Å²) in [4.78, 5) is 72.3. The number of aliphatic hydroxyl groups excluding tert-OH is 1. The van der Waals surface area contributed by atoms with Crippen LogP contribution in [0.3, 0.4) is 0 Å². The lowest BCUT2D eigenvalue weighted by molar-refractivity contribution is -0.432. The van der Waals surface area contributed by atoms with Crippen molar-refractivity contribution in [2.24, 2.45) is 0 Å². The van der Waals surface area contributed by atoms with E-state index in [0.717, 1.165) is 33.1 Å². The van der Waals surface area contributed by atoms with E-state index in [1.165, 1.54) is 6.08 Å². The number of aliphatic hydroxyl groups is 1. The molecule has 0 amide bonds. The summed E-state index contributed by atoms with van der Waals surface area (Å²) in [6.45, 7) is 0. The summed E-state index contributed by atoms with van der Waals surface area (Å²) in [6.07, 6.45) is 4.92. The highest BCUT2D eigenvalue weighted by molar-refractivity contribution is 9.11. The van der Waals surface area contributed by atoms with E-state index < -0.39 is 15.6 Å². The van der Waals surface area contributed by atoms with Crippen LogP contribution in [0.15, 0.2) is 89.8 Å². The quantitative estimate of drug-likeness (QED) is 0.142. The molecule has 0 saturated carbocycles. The van der Waals surface area contributed by atoms with Gasteiger partial charge in [0, 0.05) is 46.6 Å². The van der Waals surface area contributed by atoms with Gasteiger partial charge in [0.2, 0.25) is 5.78 Å². The summed E-state index contributed by atoms with van der Waals surface area (Å²) in [5.74, 6) is -0.205. The lowest BCUT2D eigenvalue weighted by Crippen LogP contribution is -2.24. The second kappa shape index (κ2) is 19.5. The molecule has 2 N–H and O–H groups in total. The third kappa shape index (κ3) is 11.2. The van der Waals surface area contributed by atoms with E-state index in [0.29, 0.717) is 74.3 Å². The predicted molar refractivity (Wildman–Crippen MR) is 229 cm³/mol. The van der Waals surface area contributed by atoms with Crippen LogP contribution in [-0.2, 0) is 32.9 Å². The Labute approximate surface area is 384 Å². The van der Waals surface area contributed by atoms with Crippen LogP contribution < -0.4 is 29.8 Å². The maximum Gasteiger partial charge on any atom is 0.213 e. The number of carbonyl (C=O) groups excluding carboxylic acids is 2. The van der Waals surface area contributed by atoms with Gasteiger partial charge in [0.15, 0.2) is 5.78 Å². The zero-order valence-corrected chi connectivity index (χ0v) is 39.0. The molecule has 0 atom stereocenters. The molecule has 3 aliphatic carbocycles. The van der Waals surface area contributed by atoms with Crippen LogP contribution in [0, 0.1) is 0 Å². The molecular weight excluding hydrogens is 1150 g/mol. The first kappa shape index (κ1) is 48.8. The first-order chi connectivity index (χ1) is 26.5. The molecule has 8 rings (SSSR count). The molecule has 58 heavy (non-hydrogen) atoms. The fourth-order valence-electron chi connectivity index (χ4n) is 5.89. The second-order valence-corrected chi connectivity index (χ2v) is 18.7. The predicted octanol–water partition coefficient (Wildman–Crippen LogP) is 9.03. The number of fused-ring (bicyclic) bond motifs is 4. The molecule has 1 aliphatic heterocycles. The number of allylic oxidation sites excluding steroid dienone is 4. The number of halogens is 8.